The molecule has 2 aliphatic rings. The fourth-order valence-corrected chi connectivity index (χ4v) is 5.71. The average Bonchev–Trinajstić information content (AvgIpc) is 2.82. The SMILES string of the molecule is C#CC1(F)C(N2C=C(F)C(=S)NC2=C)OC(F)(COP(=O)(O)OP(=O)(O)OP(=O)(O)O)C1O. The van der Waals surface area contributed by atoms with Gasteiger partial charge < -0.3 is 39.6 Å². The number of terminal acetylenes is 1. The van der Waals surface area contributed by atoms with Crippen molar-refractivity contribution in [1.29, 1.82) is 0 Å². The van der Waals surface area contributed by atoms with Gasteiger partial charge in [-0.3, -0.25) is 4.52 Å². The Balaban J connectivity index is 2.26. The summed E-state index contributed by atoms with van der Waals surface area (Å²) in [4.78, 5) is 35.4. The molecule has 6 N–H and O–H groups in total. The molecule has 0 aliphatic carbocycles. The van der Waals surface area contributed by atoms with Crippen LogP contribution in [-0.4, -0.2) is 65.0 Å². The van der Waals surface area contributed by atoms with Gasteiger partial charge in [0, 0.05) is 6.20 Å². The van der Waals surface area contributed by atoms with E-state index in [1.165, 1.54) is 5.92 Å². The van der Waals surface area contributed by atoms with Crippen LogP contribution in [0.1, 0.15) is 0 Å². The number of hydrogen-bond acceptors (Lipinski definition) is 10. The number of rotatable bonds is 8. The Bertz CT molecular complexity index is 1080. The summed E-state index contributed by atoms with van der Waals surface area (Å²) in [6.07, 6.45) is 0.228. The van der Waals surface area contributed by atoms with Crippen molar-refractivity contribution in [1.82, 2.24) is 10.2 Å². The number of nitrogens with zero attached hydrogens (tertiary/aromatic N) is 1. The topological polar surface area (TPSA) is 205 Å². The molecule has 33 heavy (non-hydrogen) atoms. The molecule has 0 radical (unpaired) electrons. The van der Waals surface area contributed by atoms with Gasteiger partial charge in [-0.05, 0) is 0 Å². The van der Waals surface area contributed by atoms with Crippen molar-refractivity contribution in [2.45, 2.75) is 23.9 Å². The van der Waals surface area contributed by atoms with E-state index >= 15 is 8.78 Å². The highest BCUT2D eigenvalue weighted by molar-refractivity contribution is 7.80. The molecule has 14 nitrogen and oxygen atoms in total. The lowest BCUT2D eigenvalue weighted by Crippen LogP contribution is -2.53. The highest BCUT2D eigenvalue weighted by Crippen LogP contribution is 2.66. The molecule has 2 heterocycles. The summed E-state index contributed by atoms with van der Waals surface area (Å²) in [5, 5.41) is 12.3. The van der Waals surface area contributed by atoms with E-state index in [0.29, 0.717) is 11.1 Å². The highest BCUT2D eigenvalue weighted by atomic mass is 32.1. The van der Waals surface area contributed by atoms with Gasteiger partial charge in [0.15, 0.2) is 18.2 Å². The summed E-state index contributed by atoms with van der Waals surface area (Å²) < 4.78 is 93.6. The van der Waals surface area contributed by atoms with Crippen LogP contribution in [0, 0.1) is 12.3 Å². The number of alkyl halides is 2. The quantitative estimate of drug-likeness (QED) is 0.136. The first kappa shape index (κ1) is 28.1. The van der Waals surface area contributed by atoms with E-state index in [9.17, 15) is 28.1 Å². The molecule has 6 unspecified atom stereocenters. The number of halogens is 3. The predicted molar refractivity (Wildman–Crippen MR) is 103 cm³/mol. The number of hydrogen-bond donors (Lipinski definition) is 6. The molecule has 0 aromatic heterocycles. The van der Waals surface area contributed by atoms with Crippen LogP contribution in [0.3, 0.4) is 0 Å². The predicted octanol–water partition coefficient (Wildman–Crippen LogP) is 0.569. The van der Waals surface area contributed by atoms with Gasteiger partial charge in [-0.2, -0.15) is 8.62 Å². The molecule has 0 aromatic carbocycles. The Kier molecular flexibility index (Phi) is 7.78. The maximum absolute atomic E-state index is 15.3. The molecule has 2 aliphatic heterocycles. The molecule has 21 heteroatoms. The smallest absolute Gasteiger partial charge is 0.383 e. The number of aliphatic hydroxyl groups excluding tert-OH is 1. The van der Waals surface area contributed by atoms with Crippen LogP contribution in [0.2, 0.25) is 0 Å². The first-order valence-electron chi connectivity index (χ1n) is 7.91. The molecule has 2 rings (SSSR count). The Morgan fingerprint density at radius 2 is 1.85 bits per heavy atom. The van der Waals surface area contributed by atoms with Gasteiger partial charge in [-0.25, -0.2) is 26.9 Å². The van der Waals surface area contributed by atoms with Crippen molar-refractivity contribution in [3.8, 4) is 12.3 Å². The Morgan fingerprint density at radius 1 is 1.27 bits per heavy atom. The molecule has 0 spiro atoms. The second-order valence-electron chi connectivity index (χ2n) is 6.22. The zero-order valence-corrected chi connectivity index (χ0v) is 19.1. The van der Waals surface area contributed by atoms with E-state index in [0.717, 1.165) is 0 Å². The van der Waals surface area contributed by atoms with Crippen molar-refractivity contribution in [2.75, 3.05) is 6.61 Å². The van der Waals surface area contributed by atoms with Crippen molar-refractivity contribution in [3.63, 3.8) is 0 Å². The standard InChI is InChI=1S/C12H14F3N2O12P3S/c1-3-11(14)9(18)12(15,27-10(11)17-4-7(13)8(33)16-6(17)2)5-26-31(22,23)29-32(24,25)28-30(19,20)21/h1,4,9-10,18H,2,5H2,(H,16,33)(H,22,23)(H,24,25)(H2,19,20,21). The van der Waals surface area contributed by atoms with Crippen LogP contribution in [0.15, 0.2) is 24.4 Å². The van der Waals surface area contributed by atoms with E-state index in [1.807, 2.05) is 0 Å². The number of thiocarbonyl (C=S) groups is 1. The van der Waals surface area contributed by atoms with E-state index < -0.39 is 64.7 Å². The minimum absolute atomic E-state index is 0.368. The minimum atomic E-state index is -5.94. The summed E-state index contributed by atoms with van der Waals surface area (Å²) in [6, 6.07) is 0. The number of phosphoric acid groups is 3. The fraction of sp³-hybridized carbons (Fsp3) is 0.417. The van der Waals surface area contributed by atoms with Gasteiger partial charge in [0.05, 0.1) is 0 Å². The summed E-state index contributed by atoms with van der Waals surface area (Å²) in [5.74, 6) is -3.87. The third-order valence-electron chi connectivity index (χ3n) is 3.83. The average molecular weight is 560 g/mol. The normalized spacial score (nSPS) is 34.2. The van der Waals surface area contributed by atoms with Crippen molar-refractivity contribution >= 4 is 40.7 Å². The maximum Gasteiger partial charge on any atom is 0.490 e. The third-order valence-corrected chi connectivity index (χ3v) is 7.91. The molecule has 0 bridgehead atoms. The first-order chi connectivity index (χ1) is 14.8. The second kappa shape index (κ2) is 9.14. The van der Waals surface area contributed by atoms with Crippen LogP contribution in [0.25, 0.3) is 0 Å². The Labute approximate surface area is 188 Å². The summed E-state index contributed by atoms with van der Waals surface area (Å²) in [5.41, 5.74) is -3.46. The van der Waals surface area contributed by atoms with Crippen LogP contribution >= 0.6 is 35.7 Å². The van der Waals surface area contributed by atoms with E-state index in [2.05, 4.69) is 37.3 Å². The van der Waals surface area contributed by atoms with Gasteiger partial charge in [0.25, 0.3) is 5.85 Å². The molecule has 0 saturated carbocycles. The monoisotopic (exact) mass is 560 g/mol. The van der Waals surface area contributed by atoms with Crippen LogP contribution in [0.5, 0.6) is 0 Å². The van der Waals surface area contributed by atoms with E-state index in [4.69, 9.17) is 25.8 Å². The van der Waals surface area contributed by atoms with Crippen LogP contribution in [-0.2, 0) is 31.6 Å². The van der Waals surface area contributed by atoms with Gasteiger partial charge in [-0.15, -0.1) is 6.42 Å². The summed E-state index contributed by atoms with van der Waals surface area (Å²) >= 11 is 4.61. The van der Waals surface area contributed by atoms with Gasteiger partial charge in [0.2, 0.25) is 5.67 Å². The molecular formula is C12H14F3N2O12P3S. The van der Waals surface area contributed by atoms with Gasteiger partial charge in [-0.1, -0.05) is 24.7 Å². The molecule has 1 saturated heterocycles. The summed E-state index contributed by atoms with van der Waals surface area (Å²) in [6.45, 7) is 1.47. The lowest BCUT2D eigenvalue weighted by molar-refractivity contribution is -0.207. The zero-order chi connectivity index (χ0) is 25.6. The van der Waals surface area contributed by atoms with Crippen LogP contribution < -0.4 is 5.32 Å². The Hall–Kier alpha value is -1.15. The highest BCUT2D eigenvalue weighted by Gasteiger charge is 2.68. The third kappa shape index (κ3) is 6.30. The lowest BCUT2D eigenvalue weighted by atomic mass is 9.95. The molecule has 186 valence electrons. The minimum Gasteiger partial charge on any atom is -0.383 e. The van der Waals surface area contributed by atoms with Crippen LogP contribution in [0.4, 0.5) is 13.2 Å². The van der Waals surface area contributed by atoms with Crippen molar-refractivity contribution in [2.24, 2.45) is 0 Å². The second-order valence-corrected chi connectivity index (χ2v) is 11.0. The molecule has 0 aromatic rings. The first-order valence-corrected chi connectivity index (χ1v) is 12.8. The lowest BCUT2D eigenvalue weighted by Gasteiger charge is -2.35. The molecule has 1 fully saturated rings. The number of ether oxygens (including phenoxy) is 1. The zero-order valence-electron chi connectivity index (χ0n) is 15.6. The fourth-order valence-electron chi connectivity index (χ4n) is 2.50. The van der Waals surface area contributed by atoms with Gasteiger partial charge in [0.1, 0.15) is 17.4 Å². The van der Waals surface area contributed by atoms with Crippen molar-refractivity contribution in [3.05, 3.63) is 24.4 Å². The molecule has 0 amide bonds. The largest absolute Gasteiger partial charge is 0.490 e. The van der Waals surface area contributed by atoms with Crippen molar-refractivity contribution < 1.29 is 69.4 Å². The number of aliphatic hydroxyl groups is 1. The van der Waals surface area contributed by atoms with Gasteiger partial charge >= 0.3 is 23.5 Å². The number of nitrogens with one attached hydrogen (secondary N) is 1. The maximum atomic E-state index is 15.3. The van der Waals surface area contributed by atoms with E-state index in [-0.39, 0.29) is 5.82 Å². The van der Waals surface area contributed by atoms with E-state index in [1.54, 1.807) is 0 Å². The molecule has 6 atom stereocenters. The Morgan fingerprint density at radius 3 is 2.36 bits per heavy atom. The summed E-state index contributed by atoms with van der Waals surface area (Å²) in [7, 11) is -17.5. The molecular weight excluding hydrogens is 546 g/mol. The number of phosphoric ester groups is 1.